The Morgan fingerprint density at radius 1 is 1.21 bits per heavy atom. The van der Waals surface area contributed by atoms with Gasteiger partial charge in [0.15, 0.2) is 8.32 Å². The first-order valence-electron chi connectivity index (χ1n) is 5.59. The summed E-state index contributed by atoms with van der Waals surface area (Å²) in [6.45, 7) is 8.76. The van der Waals surface area contributed by atoms with E-state index in [0.717, 1.165) is 25.2 Å². The molecule has 0 radical (unpaired) electrons. The lowest BCUT2D eigenvalue weighted by Crippen LogP contribution is -2.42. The van der Waals surface area contributed by atoms with Crippen LogP contribution in [0.4, 0.5) is 0 Å². The number of rotatable bonds is 4. The molecule has 0 unspecified atom stereocenters. The molecule has 0 atom stereocenters. The van der Waals surface area contributed by atoms with Gasteiger partial charge in [-0.15, -0.1) is 0 Å². The molecule has 1 aliphatic carbocycles. The van der Waals surface area contributed by atoms with Gasteiger partial charge in [-0.25, -0.2) is 0 Å². The summed E-state index contributed by atoms with van der Waals surface area (Å²) in [6, 6.07) is 0. The number of aliphatic hydroxyl groups excluding tert-OH is 1. The largest absolute Gasteiger partial charge is 0.432 e. The fraction of sp³-hybridized carbons (Fsp3) is 1.00. The number of hydrogen-bond donors (Lipinski definition) is 2. The highest BCUT2D eigenvalue weighted by molar-refractivity contribution is 6.72. The smallest absolute Gasteiger partial charge is 0.188 e. The second-order valence-electron chi connectivity index (χ2n) is 6.03. The molecule has 0 aromatic heterocycles. The summed E-state index contributed by atoms with van der Waals surface area (Å²) in [6.07, 6.45) is 3.44. The summed E-state index contributed by atoms with van der Waals surface area (Å²) in [5.41, 5.74) is 0. The van der Waals surface area contributed by atoms with Gasteiger partial charge in [0.1, 0.15) is 0 Å². The highest BCUT2D eigenvalue weighted by Crippen LogP contribution is 2.48. The van der Waals surface area contributed by atoms with Gasteiger partial charge in [-0.1, -0.05) is 13.8 Å². The minimum atomic E-state index is -2.02. The lowest BCUT2D eigenvalue weighted by molar-refractivity contribution is 0.0939. The van der Waals surface area contributed by atoms with Crippen molar-refractivity contribution in [1.29, 1.82) is 0 Å². The summed E-state index contributed by atoms with van der Waals surface area (Å²) in [5.74, 6) is 1.28. The van der Waals surface area contributed by atoms with Crippen LogP contribution in [0.1, 0.15) is 33.1 Å². The van der Waals surface area contributed by atoms with E-state index in [-0.39, 0.29) is 5.04 Å². The first-order chi connectivity index (χ1) is 6.26. The van der Waals surface area contributed by atoms with Gasteiger partial charge in [0.2, 0.25) is 0 Å². The molecule has 2 nitrogen and oxygen atoms in total. The summed E-state index contributed by atoms with van der Waals surface area (Å²) in [7, 11) is -2.02. The van der Waals surface area contributed by atoms with E-state index in [1.807, 2.05) is 13.1 Å². The van der Waals surface area contributed by atoms with Crippen LogP contribution >= 0.6 is 0 Å². The molecule has 2 N–H and O–H groups in total. The van der Waals surface area contributed by atoms with E-state index in [9.17, 15) is 4.80 Å². The summed E-state index contributed by atoms with van der Waals surface area (Å²) in [5, 5.41) is 9.03. The standard InChI is InChI=1S/C11H24O2Si/c1-11(2,14(3,4)13)7-9-5-10(6-9)8-12/h9-10,12-13H,5-8H2,1-4H3/t9-,10+. The van der Waals surface area contributed by atoms with Gasteiger partial charge < -0.3 is 9.90 Å². The van der Waals surface area contributed by atoms with Crippen LogP contribution in [0, 0.1) is 11.8 Å². The lowest BCUT2D eigenvalue weighted by Gasteiger charge is -2.43. The van der Waals surface area contributed by atoms with Gasteiger partial charge in [-0.2, -0.15) is 0 Å². The van der Waals surface area contributed by atoms with Crippen molar-refractivity contribution in [3.8, 4) is 0 Å². The molecule has 1 rings (SSSR count). The monoisotopic (exact) mass is 216 g/mol. The molecule has 0 aliphatic heterocycles. The van der Waals surface area contributed by atoms with Gasteiger partial charge >= 0.3 is 0 Å². The van der Waals surface area contributed by atoms with Gasteiger partial charge in [0.05, 0.1) is 0 Å². The van der Waals surface area contributed by atoms with Crippen LogP contribution in [0.3, 0.4) is 0 Å². The minimum absolute atomic E-state index is 0.109. The van der Waals surface area contributed by atoms with E-state index >= 15 is 0 Å². The molecule has 0 bridgehead atoms. The fourth-order valence-electron chi connectivity index (χ4n) is 2.16. The van der Waals surface area contributed by atoms with E-state index in [0.29, 0.717) is 12.5 Å². The molecule has 1 saturated carbocycles. The maximum Gasteiger partial charge on any atom is 0.188 e. The molecule has 0 heterocycles. The van der Waals surface area contributed by atoms with Gasteiger partial charge in [0, 0.05) is 6.61 Å². The van der Waals surface area contributed by atoms with Crippen LogP contribution in [0.25, 0.3) is 0 Å². The summed E-state index contributed by atoms with van der Waals surface area (Å²) < 4.78 is 0. The quantitative estimate of drug-likeness (QED) is 0.708. The van der Waals surface area contributed by atoms with Crippen molar-refractivity contribution in [1.82, 2.24) is 0 Å². The van der Waals surface area contributed by atoms with Crippen molar-refractivity contribution in [3.05, 3.63) is 0 Å². The Morgan fingerprint density at radius 2 is 1.71 bits per heavy atom. The normalized spacial score (nSPS) is 28.7. The molecule has 0 aromatic rings. The SMILES string of the molecule is CC(C)(C[C@H]1C[C@@H](CO)C1)[Si](C)(C)O. The molecule has 0 spiro atoms. The fourth-order valence-corrected chi connectivity index (χ4v) is 2.95. The van der Waals surface area contributed by atoms with Crippen LogP contribution in [-0.4, -0.2) is 24.8 Å². The molecule has 1 fully saturated rings. The molecule has 0 aromatic carbocycles. The van der Waals surface area contributed by atoms with E-state index in [1.54, 1.807) is 0 Å². The van der Waals surface area contributed by atoms with Crippen molar-refractivity contribution in [2.45, 2.75) is 51.2 Å². The molecule has 0 saturated heterocycles. The van der Waals surface area contributed by atoms with Crippen molar-refractivity contribution in [3.63, 3.8) is 0 Å². The maximum absolute atomic E-state index is 10.1. The Kier molecular flexibility index (Phi) is 3.44. The molecule has 0 amide bonds. The highest BCUT2D eigenvalue weighted by atomic mass is 28.4. The number of hydrogen-bond acceptors (Lipinski definition) is 2. The third-order valence-electron chi connectivity index (χ3n) is 4.05. The van der Waals surface area contributed by atoms with Gasteiger partial charge in [-0.3, -0.25) is 0 Å². The average Bonchev–Trinajstić information content (AvgIpc) is 1.93. The predicted molar refractivity (Wildman–Crippen MR) is 61.7 cm³/mol. The summed E-state index contributed by atoms with van der Waals surface area (Å²) >= 11 is 0. The topological polar surface area (TPSA) is 40.5 Å². The molecule has 14 heavy (non-hydrogen) atoms. The third kappa shape index (κ3) is 2.58. The Morgan fingerprint density at radius 3 is 2.07 bits per heavy atom. The first kappa shape index (κ1) is 12.2. The third-order valence-corrected chi connectivity index (χ3v) is 7.56. The summed E-state index contributed by atoms with van der Waals surface area (Å²) in [4.78, 5) is 10.1. The maximum atomic E-state index is 10.1. The second kappa shape index (κ2) is 3.95. The van der Waals surface area contributed by atoms with Crippen molar-refractivity contribution in [2.24, 2.45) is 11.8 Å². The Labute approximate surface area is 88.5 Å². The van der Waals surface area contributed by atoms with Crippen LogP contribution < -0.4 is 0 Å². The van der Waals surface area contributed by atoms with Crippen molar-refractivity contribution < 1.29 is 9.90 Å². The zero-order chi connectivity index (χ0) is 11.0. The van der Waals surface area contributed by atoms with Crippen molar-refractivity contribution >= 4 is 8.32 Å². The van der Waals surface area contributed by atoms with Crippen LogP contribution in [0.15, 0.2) is 0 Å². The van der Waals surface area contributed by atoms with Gasteiger partial charge in [0.25, 0.3) is 0 Å². The Bertz CT molecular complexity index is 190. The Balaban J connectivity index is 2.38. The predicted octanol–water partition coefficient (Wildman–Crippen LogP) is 2.37. The van der Waals surface area contributed by atoms with E-state index in [1.165, 1.54) is 0 Å². The van der Waals surface area contributed by atoms with E-state index in [4.69, 9.17) is 5.11 Å². The molecule has 3 heteroatoms. The van der Waals surface area contributed by atoms with Crippen molar-refractivity contribution in [2.75, 3.05) is 6.61 Å². The minimum Gasteiger partial charge on any atom is -0.432 e. The van der Waals surface area contributed by atoms with Crippen LogP contribution in [0.5, 0.6) is 0 Å². The lowest BCUT2D eigenvalue weighted by atomic mass is 9.71. The van der Waals surface area contributed by atoms with Gasteiger partial charge in [-0.05, 0) is 49.2 Å². The highest BCUT2D eigenvalue weighted by Gasteiger charge is 2.42. The first-order valence-corrected chi connectivity index (χ1v) is 8.54. The second-order valence-corrected chi connectivity index (χ2v) is 10.5. The zero-order valence-electron chi connectivity index (χ0n) is 9.88. The van der Waals surface area contributed by atoms with E-state index < -0.39 is 8.32 Å². The molecular weight excluding hydrogens is 192 g/mol. The Hall–Kier alpha value is 0.137. The zero-order valence-corrected chi connectivity index (χ0v) is 10.9. The van der Waals surface area contributed by atoms with E-state index in [2.05, 4.69) is 13.8 Å². The average molecular weight is 216 g/mol. The molecule has 1 aliphatic rings. The number of aliphatic hydroxyl groups is 1. The van der Waals surface area contributed by atoms with Crippen LogP contribution in [0.2, 0.25) is 18.1 Å². The van der Waals surface area contributed by atoms with Crippen LogP contribution in [-0.2, 0) is 0 Å². The molecule has 84 valence electrons. The molecular formula is C11H24O2Si.